The predicted molar refractivity (Wildman–Crippen MR) is 135 cm³/mol. The third kappa shape index (κ3) is 4.80. The molecule has 1 heterocycles. The van der Waals surface area contributed by atoms with Crippen LogP contribution in [0.5, 0.6) is 17.2 Å². The van der Waals surface area contributed by atoms with E-state index >= 15 is 0 Å². The number of hydrogen-bond donors (Lipinski definition) is 0. The molecular weight excluding hydrogens is 444 g/mol. The van der Waals surface area contributed by atoms with Gasteiger partial charge in [0, 0.05) is 19.2 Å². The molecule has 0 radical (unpaired) electrons. The molecule has 3 aromatic carbocycles. The van der Waals surface area contributed by atoms with Crippen LogP contribution in [-0.2, 0) is 9.59 Å². The lowest BCUT2D eigenvalue weighted by molar-refractivity contribution is -0.124. The Kier molecular flexibility index (Phi) is 7.25. The lowest BCUT2D eigenvalue weighted by Gasteiger charge is -2.31. The fourth-order valence-electron chi connectivity index (χ4n) is 4.56. The van der Waals surface area contributed by atoms with Crippen molar-refractivity contribution in [1.29, 1.82) is 0 Å². The van der Waals surface area contributed by atoms with Gasteiger partial charge in [0.1, 0.15) is 17.2 Å². The first kappa shape index (κ1) is 24.1. The highest BCUT2D eigenvalue weighted by atomic mass is 16.5. The summed E-state index contributed by atoms with van der Waals surface area (Å²) in [6.45, 7) is 2.39. The Balaban J connectivity index is 1.74. The lowest BCUT2D eigenvalue weighted by atomic mass is 9.92. The smallest absolute Gasteiger partial charge is 0.232 e. The molecule has 0 unspecified atom stereocenters. The number of nitrogens with zero attached hydrogens (tertiary/aromatic N) is 2. The molecule has 2 amide bonds. The van der Waals surface area contributed by atoms with E-state index in [4.69, 9.17) is 14.2 Å². The van der Waals surface area contributed by atoms with E-state index in [9.17, 15) is 9.59 Å². The van der Waals surface area contributed by atoms with Crippen LogP contribution < -0.4 is 24.0 Å². The summed E-state index contributed by atoms with van der Waals surface area (Å²) in [6.07, 6.45) is 0.0999. The summed E-state index contributed by atoms with van der Waals surface area (Å²) in [5.41, 5.74) is 2.24. The molecule has 0 bridgehead atoms. The first-order valence-corrected chi connectivity index (χ1v) is 11.6. The van der Waals surface area contributed by atoms with Crippen LogP contribution in [0, 0.1) is 5.92 Å². The molecule has 0 aliphatic carbocycles. The van der Waals surface area contributed by atoms with Crippen LogP contribution >= 0.6 is 0 Å². The van der Waals surface area contributed by atoms with E-state index in [1.807, 2.05) is 79.7 Å². The zero-order valence-electron chi connectivity index (χ0n) is 20.4. The average molecular weight is 475 g/mol. The van der Waals surface area contributed by atoms with Crippen molar-refractivity contribution in [3.8, 4) is 17.2 Å². The SMILES string of the molecule is CCOc1ccccc1N(C)C(=O)[C@H]1CC(=O)N(c2ccc(OC)cc2)[C@H]1c1ccc(OC)cc1. The maximum absolute atomic E-state index is 13.9. The van der Waals surface area contributed by atoms with E-state index in [2.05, 4.69) is 0 Å². The molecule has 1 fully saturated rings. The molecule has 35 heavy (non-hydrogen) atoms. The Bertz CT molecular complexity index is 1180. The summed E-state index contributed by atoms with van der Waals surface area (Å²) >= 11 is 0. The largest absolute Gasteiger partial charge is 0.497 e. The van der Waals surface area contributed by atoms with Crippen molar-refractivity contribution >= 4 is 23.2 Å². The van der Waals surface area contributed by atoms with Gasteiger partial charge in [-0.2, -0.15) is 0 Å². The van der Waals surface area contributed by atoms with E-state index < -0.39 is 12.0 Å². The van der Waals surface area contributed by atoms with Gasteiger partial charge in [0.25, 0.3) is 0 Å². The highest BCUT2D eigenvalue weighted by Crippen LogP contribution is 2.43. The normalized spacial score (nSPS) is 17.3. The molecule has 4 rings (SSSR count). The molecule has 7 nitrogen and oxygen atoms in total. The number of rotatable bonds is 8. The van der Waals surface area contributed by atoms with Gasteiger partial charge in [0.15, 0.2) is 0 Å². The second kappa shape index (κ2) is 10.5. The molecule has 0 aromatic heterocycles. The summed E-state index contributed by atoms with van der Waals surface area (Å²) in [4.78, 5) is 30.5. The second-order valence-corrected chi connectivity index (χ2v) is 8.29. The quantitative estimate of drug-likeness (QED) is 0.466. The maximum Gasteiger partial charge on any atom is 0.232 e. The minimum atomic E-state index is -0.585. The van der Waals surface area contributed by atoms with E-state index in [0.717, 1.165) is 5.56 Å². The van der Waals surface area contributed by atoms with E-state index in [-0.39, 0.29) is 18.2 Å². The number of methoxy groups -OCH3 is 2. The number of carbonyl (C=O) groups is 2. The number of ether oxygens (including phenoxy) is 3. The van der Waals surface area contributed by atoms with Crippen molar-refractivity contribution in [3.05, 3.63) is 78.4 Å². The monoisotopic (exact) mass is 474 g/mol. The van der Waals surface area contributed by atoms with Crippen LogP contribution in [0.4, 0.5) is 11.4 Å². The van der Waals surface area contributed by atoms with Crippen molar-refractivity contribution in [3.63, 3.8) is 0 Å². The molecule has 7 heteroatoms. The molecule has 3 aromatic rings. The predicted octanol–water partition coefficient (Wildman–Crippen LogP) is 4.86. The number of para-hydroxylation sites is 2. The minimum Gasteiger partial charge on any atom is -0.497 e. The van der Waals surface area contributed by atoms with Gasteiger partial charge < -0.3 is 24.0 Å². The molecule has 0 spiro atoms. The molecule has 182 valence electrons. The zero-order chi connectivity index (χ0) is 24.9. The van der Waals surface area contributed by atoms with Crippen molar-refractivity contribution in [2.24, 2.45) is 5.92 Å². The summed E-state index contributed by atoms with van der Waals surface area (Å²) in [6, 6.07) is 21.8. The summed E-state index contributed by atoms with van der Waals surface area (Å²) < 4.78 is 16.3. The summed E-state index contributed by atoms with van der Waals surface area (Å²) in [5, 5.41) is 0. The van der Waals surface area contributed by atoms with Crippen LogP contribution in [-0.4, -0.2) is 39.7 Å². The number of benzene rings is 3. The number of amides is 2. The Hall–Kier alpha value is -4.00. The topological polar surface area (TPSA) is 68.3 Å². The number of carbonyl (C=O) groups excluding carboxylic acids is 2. The third-order valence-electron chi connectivity index (χ3n) is 6.30. The van der Waals surface area contributed by atoms with Crippen LogP contribution in [0.3, 0.4) is 0 Å². The number of anilines is 2. The van der Waals surface area contributed by atoms with Crippen molar-refractivity contribution in [2.75, 3.05) is 37.7 Å². The van der Waals surface area contributed by atoms with Gasteiger partial charge >= 0.3 is 0 Å². The van der Waals surface area contributed by atoms with Crippen molar-refractivity contribution < 1.29 is 23.8 Å². The Labute approximate surface area is 205 Å². The maximum atomic E-state index is 13.9. The molecule has 0 N–H and O–H groups in total. The Morgan fingerprint density at radius 1 is 0.943 bits per heavy atom. The van der Waals surface area contributed by atoms with Crippen LogP contribution in [0.25, 0.3) is 0 Å². The fourth-order valence-corrected chi connectivity index (χ4v) is 4.56. The third-order valence-corrected chi connectivity index (χ3v) is 6.30. The van der Waals surface area contributed by atoms with Gasteiger partial charge in [-0.3, -0.25) is 9.59 Å². The van der Waals surface area contributed by atoms with E-state index in [1.54, 1.807) is 31.1 Å². The van der Waals surface area contributed by atoms with E-state index in [0.29, 0.717) is 35.2 Å². The van der Waals surface area contributed by atoms with Crippen LogP contribution in [0.2, 0.25) is 0 Å². The standard InChI is InChI=1S/C28H30N2O5/c1-5-35-25-9-7-6-8-24(25)29(2)28(32)23-18-26(31)30(20-12-16-22(34-4)17-13-20)27(23)19-10-14-21(33-3)15-11-19/h6-17,23,27H,5,18H2,1-4H3/t23-,27-/m0/s1. The fraction of sp³-hybridized carbons (Fsp3) is 0.286. The lowest BCUT2D eigenvalue weighted by Crippen LogP contribution is -2.37. The summed E-state index contributed by atoms with van der Waals surface area (Å²) in [5.74, 6) is 1.19. The van der Waals surface area contributed by atoms with Gasteiger partial charge in [-0.15, -0.1) is 0 Å². The summed E-state index contributed by atoms with van der Waals surface area (Å²) in [7, 11) is 4.93. The van der Waals surface area contributed by atoms with Gasteiger partial charge in [0.05, 0.1) is 38.5 Å². The van der Waals surface area contributed by atoms with Crippen LogP contribution in [0.15, 0.2) is 72.8 Å². The second-order valence-electron chi connectivity index (χ2n) is 8.29. The van der Waals surface area contributed by atoms with Gasteiger partial charge in [-0.1, -0.05) is 24.3 Å². The number of hydrogen-bond acceptors (Lipinski definition) is 5. The zero-order valence-corrected chi connectivity index (χ0v) is 20.4. The molecule has 2 atom stereocenters. The minimum absolute atomic E-state index is 0.0999. The Morgan fingerprint density at radius 2 is 1.54 bits per heavy atom. The molecule has 0 saturated carbocycles. The Morgan fingerprint density at radius 3 is 2.14 bits per heavy atom. The van der Waals surface area contributed by atoms with Gasteiger partial charge in [0.2, 0.25) is 11.8 Å². The van der Waals surface area contributed by atoms with E-state index in [1.165, 1.54) is 0 Å². The van der Waals surface area contributed by atoms with Crippen LogP contribution in [0.1, 0.15) is 24.9 Å². The van der Waals surface area contributed by atoms with Gasteiger partial charge in [-0.05, 0) is 61.0 Å². The van der Waals surface area contributed by atoms with Crippen molar-refractivity contribution in [1.82, 2.24) is 0 Å². The first-order valence-electron chi connectivity index (χ1n) is 11.6. The average Bonchev–Trinajstić information content (AvgIpc) is 3.25. The molecule has 1 aliphatic rings. The highest BCUT2D eigenvalue weighted by Gasteiger charge is 2.46. The molecular formula is C28H30N2O5. The molecule has 1 saturated heterocycles. The van der Waals surface area contributed by atoms with Crippen molar-refractivity contribution in [2.45, 2.75) is 19.4 Å². The highest BCUT2D eigenvalue weighted by molar-refractivity contribution is 6.05. The van der Waals surface area contributed by atoms with Gasteiger partial charge in [-0.25, -0.2) is 0 Å². The molecule has 1 aliphatic heterocycles. The first-order chi connectivity index (χ1) is 17.0.